The molecule has 2 amide bonds. The summed E-state index contributed by atoms with van der Waals surface area (Å²) in [5.41, 5.74) is 0. The maximum Gasteiger partial charge on any atom is 0.323 e. The van der Waals surface area contributed by atoms with Crippen LogP contribution in [0.2, 0.25) is 0 Å². The van der Waals surface area contributed by atoms with Gasteiger partial charge in [0.25, 0.3) is 0 Å². The molecule has 0 aromatic rings. The molecule has 0 aromatic carbocycles. The van der Waals surface area contributed by atoms with Crippen molar-refractivity contribution in [2.24, 2.45) is 4.99 Å². The van der Waals surface area contributed by atoms with Crippen molar-refractivity contribution in [3.63, 3.8) is 0 Å². The average Bonchev–Trinajstić information content (AvgIpc) is 3.03. The summed E-state index contributed by atoms with van der Waals surface area (Å²) in [6.07, 6.45) is 18.6. The number of aliphatic imine (C=N–C) groups is 1. The lowest BCUT2D eigenvalue weighted by Crippen LogP contribution is -2.35. The van der Waals surface area contributed by atoms with Crippen LogP contribution in [0.1, 0.15) is 123 Å². The van der Waals surface area contributed by atoms with Gasteiger partial charge in [0.2, 0.25) is 0 Å². The van der Waals surface area contributed by atoms with E-state index in [9.17, 15) is 9.59 Å². The number of carbonyl (C=O) groups is 2. The lowest BCUT2D eigenvalue weighted by molar-refractivity contribution is -0.137. The average molecular weight is 438 g/mol. The summed E-state index contributed by atoms with van der Waals surface area (Å²) in [5, 5.41) is 11.7. The van der Waals surface area contributed by atoms with E-state index in [1.165, 1.54) is 57.8 Å². The summed E-state index contributed by atoms with van der Waals surface area (Å²) in [6.45, 7) is 6.04. The Kier molecular flexibility index (Phi) is 16.0. The van der Waals surface area contributed by atoms with Crippen LogP contribution in [-0.4, -0.2) is 47.0 Å². The van der Waals surface area contributed by atoms with Crippen LogP contribution >= 0.6 is 0 Å². The standard InChI is InChI=1S/C25H47N3O3/c1-3-5-6-7-14-17-21-28-22(18-4-2)24(27-25(28)31)26-20-16-13-11-9-8-10-12-15-19-23(29)30/h22H,3-21H2,1-2H3,(H,29,30)(H,26,27,31). The molecule has 1 rings (SSSR count). The summed E-state index contributed by atoms with van der Waals surface area (Å²) < 4.78 is 0. The van der Waals surface area contributed by atoms with Crippen LogP contribution in [0.3, 0.4) is 0 Å². The van der Waals surface area contributed by atoms with Gasteiger partial charge >= 0.3 is 12.0 Å². The fraction of sp³-hybridized carbons (Fsp3) is 0.880. The van der Waals surface area contributed by atoms with Gasteiger partial charge in [0.05, 0.1) is 6.04 Å². The van der Waals surface area contributed by atoms with Crippen molar-refractivity contribution in [2.45, 2.75) is 129 Å². The summed E-state index contributed by atoms with van der Waals surface area (Å²) in [7, 11) is 0. The van der Waals surface area contributed by atoms with Gasteiger partial charge in [-0.15, -0.1) is 0 Å². The van der Waals surface area contributed by atoms with E-state index >= 15 is 0 Å². The van der Waals surface area contributed by atoms with E-state index in [1.807, 2.05) is 4.90 Å². The lowest BCUT2D eigenvalue weighted by Gasteiger charge is -2.22. The van der Waals surface area contributed by atoms with E-state index in [4.69, 9.17) is 10.1 Å². The Morgan fingerprint density at radius 3 is 2.06 bits per heavy atom. The number of carboxylic acids is 1. The van der Waals surface area contributed by atoms with Crippen LogP contribution in [0.4, 0.5) is 4.79 Å². The number of unbranched alkanes of at least 4 members (excludes halogenated alkanes) is 12. The van der Waals surface area contributed by atoms with Gasteiger partial charge < -0.3 is 10.0 Å². The number of urea groups is 1. The van der Waals surface area contributed by atoms with E-state index < -0.39 is 5.97 Å². The molecule has 6 heteroatoms. The molecule has 31 heavy (non-hydrogen) atoms. The first kappa shape index (κ1) is 27.4. The van der Waals surface area contributed by atoms with E-state index in [-0.39, 0.29) is 12.1 Å². The fourth-order valence-electron chi connectivity index (χ4n) is 4.23. The van der Waals surface area contributed by atoms with Gasteiger partial charge in [0.1, 0.15) is 5.84 Å². The van der Waals surface area contributed by atoms with Gasteiger partial charge in [-0.1, -0.05) is 90.9 Å². The number of rotatable bonds is 20. The SMILES string of the molecule is CCCCCCCCN1C(=O)NC(=NCCCCCCCCCCC(=O)O)C1CCC. The Morgan fingerprint density at radius 1 is 0.871 bits per heavy atom. The van der Waals surface area contributed by atoms with E-state index in [2.05, 4.69) is 19.2 Å². The van der Waals surface area contributed by atoms with Crippen LogP contribution in [0.5, 0.6) is 0 Å². The van der Waals surface area contributed by atoms with Crippen molar-refractivity contribution >= 4 is 17.8 Å². The van der Waals surface area contributed by atoms with Gasteiger partial charge in [-0.2, -0.15) is 0 Å². The summed E-state index contributed by atoms with van der Waals surface area (Å²) in [5.74, 6) is 0.197. The molecule has 1 aliphatic rings. The van der Waals surface area contributed by atoms with Crippen molar-refractivity contribution in [1.82, 2.24) is 10.2 Å². The second-order valence-electron chi connectivity index (χ2n) is 8.93. The maximum atomic E-state index is 12.5. The largest absolute Gasteiger partial charge is 0.481 e. The van der Waals surface area contributed by atoms with Gasteiger partial charge in [-0.25, -0.2) is 4.79 Å². The molecular weight excluding hydrogens is 390 g/mol. The molecule has 1 unspecified atom stereocenters. The van der Waals surface area contributed by atoms with Crippen LogP contribution in [0, 0.1) is 0 Å². The smallest absolute Gasteiger partial charge is 0.323 e. The van der Waals surface area contributed by atoms with Crippen LogP contribution in [0.25, 0.3) is 0 Å². The first-order valence-corrected chi connectivity index (χ1v) is 12.9. The Bertz CT molecular complexity index is 522. The number of carboxylic acid groups (broad SMARTS) is 1. The minimum absolute atomic E-state index is 0.0358. The third-order valence-corrected chi connectivity index (χ3v) is 6.08. The third kappa shape index (κ3) is 12.8. The summed E-state index contributed by atoms with van der Waals surface area (Å²) >= 11 is 0. The highest BCUT2D eigenvalue weighted by atomic mass is 16.4. The van der Waals surface area contributed by atoms with Crippen LogP contribution in [0.15, 0.2) is 4.99 Å². The quantitative estimate of drug-likeness (QED) is 0.212. The number of nitrogens with zero attached hydrogens (tertiary/aromatic N) is 2. The number of amidine groups is 1. The zero-order valence-electron chi connectivity index (χ0n) is 20.2. The van der Waals surface area contributed by atoms with Crippen molar-refractivity contribution in [3.05, 3.63) is 0 Å². The number of nitrogens with one attached hydrogen (secondary N) is 1. The Labute approximate surface area is 190 Å². The zero-order valence-corrected chi connectivity index (χ0v) is 20.2. The molecule has 0 spiro atoms. The molecule has 1 fully saturated rings. The van der Waals surface area contributed by atoms with Gasteiger partial charge in [-0.3, -0.25) is 15.1 Å². The molecule has 180 valence electrons. The van der Waals surface area contributed by atoms with E-state index in [0.29, 0.717) is 6.42 Å². The number of hydrogen-bond donors (Lipinski definition) is 2. The molecule has 2 N–H and O–H groups in total. The lowest BCUT2D eigenvalue weighted by atomic mass is 10.1. The predicted molar refractivity (Wildman–Crippen MR) is 129 cm³/mol. The summed E-state index contributed by atoms with van der Waals surface area (Å²) in [6, 6.07) is 0.174. The predicted octanol–water partition coefficient (Wildman–Crippen LogP) is 6.53. The third-order valence-electron chi connectivity index (χ3n) is 6.08. The molecule has 0 aliphatic carbocycles. The fourth-order valence-corrected chi connectivity index (χ4v) is 4.23. The number of aliphatic carboxylic acids is 1. The van der Waals surface area contributed by atoms with Gasteiger partial charge in [0.15, 0.2) is 0 Å². The van der Waals surface area contributed by atoms with Crippen molar-refractivity contribution in [1.29, 1.82) is 0 Å². The van der Waals surface area contributed by atoms with Crippen LogP contribution in [-0.2, 0) is 4.79 Å². The highest BCUT2D eigenvalue weighted by molar-refractivity contribution is 6.07. The Morgan fingerprint density at radius 2 is 1.45 bits per heavy atom. The topological polar surface area (TPSA) is 82.0 Å². The highest BCUT2D eigenvalue weighted by Gasteiger charge is 2.34. The second kappa shape index (κ2) is 18.0. The van der Waals surface area contributed by atoms with E-state index in [0.717, 1.165) is 63.9 Å². The molecule has 1 atom stereocenters. The normalized spacial score (nSPS) is 17.5. The molecule has 1 aliphatic heterocycles. The first-order chi connectivity index (χ1) is 15.1. The number of hydrogen-bond acceptors (Lipinski definition) is 3. The molecule has 6 nitrogen and oxygen atoms in total. The molecule has 0 aromatic heterocycles. The Hall–Kier alpha value is -1.59. The molecule has 1 heterocycles. The first-order valence-electron chi connectivity index (χ1n) is 12.9. The van der Waals surface area contributed by atoms with Crippen molar-refractivity contribution in [3.8, 4) is 0 Å². The van der Waals surface area contributed by atoms with Gasteiger partial charge in [-0.05, 0) is 25.7 Å². The molecule has 0 bridgehead atoms. The minimum atomic E-state index is -0.688. The summed E-state index contributed by atoms with van der Waals surface area (Å²) in [4.78, 5) is 29.7. The monoisotopic (exact) mass is 437 g/mol. The molecule has 0 radical (unpaired) electrons. The molecular formula is C25H47N3O3. The number of amides is 2. The highest BCUT2D eigenvalue weighted by Crippen LogP contribution is 2.17. The van der Waals surface area contributed by atoms with Crippen LogP contribution < -0.4 is 5.32 Å². The maximum absolute atomic E-state index is 12.5. The van der Waals surface area contributed by atoms with E-state index in [1.54, 1.807) is 0 Å². The molecule has 1 saturated heterocycles. The van der Waals surface area contributed by atoms with Crippen molar-refractivity contribution < 1.29 is 14.7 Å². The minimum Gasteiger partial charge on any atom is -0.481 e. The molecule has 0 saturated carbocycles. The Balaban J connectivity index is 2.21. The second-order valence-corrected chi connectivity index (χ2v) is 8.93. The zero-order chi connectivity index (χ0) is 22.7. The van der Waals surface area contributed by atoms with Gasteiger partial charge in [0, 0.05) is 19.5 Å². The number of carbonyl (C=O) groups excluding carboxylic acids is 1. The van der Waals surface area contributed by atoms with Crippen molar-refractivity contribution in [2.75, 3.05) is 13.1 Å².